The molecule has 2 aromatic carbocycles. The lowest BCUT2D eigenvalue weighted by atomic mass is 10.1. The lowest BCUT2D eigenvalue weighted by Crippen LogP contribution is -2.20. The van der Waals surface area contributed by atoms with Crippen LogP contribution in [0.1, 0.15) is 17.4 Å². The van der Waals surface area contributed by atoms with E-state index in [1.54, 1.807) is 59.4 Å². The first-order valence-electron chi connectivity index (χ1n) is 6.74. The zero-order valence-corrected chi connectivity index (χ0v) is 12.3. The fourth-order valence-corrected chi connectivity index (χ4v) is 2.27. The topological polar surface area (TPSA) is 55.1 Å². The van der Waals surface area contributed by atoms with E-state index in [0.29, 0.717) is 10.6 Å². The predicted molar refractivity (Wildman–Crippen MR) is 85.3 cm³/mol. The molecule has 3 aromatic rings. The van der Waals surface area contributed by atoms with Crippen LogP contribution >= 0.6 is 11.6 Å². The van der Waals surface area contributed by atoms with Crippen molar-refractivity contribution in [3.05, 3.63) is 93.4 Å². The van der Waals surface area contributed by atoms with Gasteiger partial charge in [0.2, 0.25) is 5.43 Å². The molecule has 0 saturated heterocycles. The molecule has 110 valence electrons. The average Bonchev–Trinajstić information content (AvgIpc) is 2.56. The molecule has 0 spiro atoms. The average molecular weight is 313 g/mol. The second kappa shape index (κ2) is 6.13. The van der Waals surface area contributed by atoms with Gasteiger partial charge in [-0.3, -0.25) is 4.79 Å². The SMILES string of the molecule is O=c1ccn(-c2ccc(Cl)cc2)nc1C(O)c1ccccc1. The molecule has 0 saturated carbocycles. The summed E-state index contributed by atoms with van der Waals surface area (Å²) in [4.78, 5) is 12.0. The molecule has 1 unspecified atom stereocenters. The lowest BCUT2D eigenvalue weighted by Gasteiger charge is -2.12. The highest BCUT2D eigenvalue weighted by Gasteiger charge is 2.16. The van der Waals surface area contributed by atoms with Crippen LogP contribution in [0.3, 0.4) is 0 Å². The Morgan fingerprint density at radius 1 is 1.00 bits per heavy atom. The number of rotatable bonds is 3. The van der Waals surface area contributed by atoms with E-state index in [1.165, 1.54) is 6.07 Å². The van der Waals surface area contributed by atoms with Crippen LogP contribution in [-0.2, 0) is 0 Å². The second-order valence-electron chi connectivity index (χ2n) is 4.80. The van der Waals surface area contributed by atoms with E-state index < -0.39 is 6.10 Å². The summed E-state index contributed by atoms with van der Waals surface area (Å²) >= 11 is 5.87. The molecule has 0 bridgehead atoms. The van der Waals surface area contributed by atoms with Crippen LogP contribution in [0.25, 0.3) is 5.69 Å². The summed E-state index contributed by atoms with van der Waals surface area (Å²) in [6, 6.07) is 17.4. The van der Waals surface area contributed by atoms with Crippen molar-refractivity contribution in [3.8, 4) is 5.69 Å². The van der Waals surface area contributed by atoms with E-state index in [4.69, 9.17) is 11.6 Å². The molecule has 1 aromatic heterocycles. The molecular weight excluding hydrogens is 300 g/mol. The summed E-state index contributed by atoms with van der Waals surface area (Å²) < 4.78 is 1.54. The number of benzene rings is 2. The maximum atomic E-state index is 12.0. The van der Waals surface area contributed by atoms with Crippen LogP contribution in [0, 0.1) is 0 Å². The van der Waals surface area contributed by atoms with Gasteiger partial charge < -0.3 is 5.11 Å². The van der Waals surface area contributed by atoms with E-state index in [1.807, 2.05) is 6.07 Å². The van der Waals surface area contributed by atoms with E-state index in [0.717, 1.165) is 5.69 Å². The van der Waals surface area contributed by atoms with Gasteiger partial charge in [0.1, 0.15) is 11.8 Å². The summed E-state index contributed by atoms with van der Waals surface area (Å²) in [5, 5.41) is 15.3. The zero-order chi connectivity index (χ0) is 15.5. The molecule has 1 N–H and O–H groups in total. The number of aliphatic hydroxyl groups is 1. The number of hydrogen-bond donors (Lipinski definition) is 1. The Balaban J connectivity index is 2.04. The smallest absolute Gasteiger partial charge is 0.206 e. The third kappa shape index (κ3) is 2.93. The molecule has 1 heterocycles. The monoisotopic (exact) mass is 312 g/mol. The minimum atomic E-state index is -1.06. The second-order valence-corrected chi connectivity index (χ2v) is 5.24. The molecule has 4 nitrogen and oxygen atoms in total. The molecule has 0 aliphatic heterocycles. The highest BCUT2D eigenvalue weighted by molar-refractivity contribution is 6.30. The van der Waals surface area contributed by atoms with Gasteiger partial charge in [-0.2, -0.15) is 5.10 Å². The lowest BCUT2D eigenvalue weighted by molar-refractivity contribution is 0.212. The van der Waals surface area contributed by atoms with Crippen molar-refractivity contribution in [2.75, 3.05) is 0 Å². The fourth-order valence-electron chi connectivity index (χ4n) is 2.14. The first kappa shape index (κ1) is 14.5. The zero-order valence-electron chi connectivity index (χ0n) is 11.6. The summed E-state index contributed by atoms with van der Waals surface area (Å²) in [6.45, 7) is 0. The van der Waals surface area contributed by atoms with E-state index >= 15 is 0 Å². The summed E-state index contributed by atoms with van der Waals surface area (Å²) in [7, 11) is 0. The minimum Gasteiger partial charge on any atom is -0.382 e. The molecule has 3 rings (SSSR count). The number of halogens is 1. The Bertz CT molecular complexity index is 829. The first-order chi connectivity index (χ1) is 10.6. The van der Waals surface area contributed by atoms with Crippen LogP contribution in [0.4, 0.5) is 0 Å². The Hall–Kier alpha value is -2.43. The van der Waals surface area contributed by atoms with Crippen molar-refractivity contribution in [2.24, 2.45) is 0 Å². The summed E-state index contributed by atoms with van der Waals surface area (Å²) in [5.41, 5.74) is 1.16. The highest BCUT2D eigenvalue weighted by atomic mass is 35.5. The number of hydrogen-bond acceptors (Lipinski definition) is 3. The van der Waals surface area contributed by atoms with Crippen molar-refractivity contribution in [3.63, 3.8) is 0 Å². The van der Waals surface area contributed by atoms with Gasteiger partial charge in [0.15, 0.2) is 0 Å². The van der Waals surface area contributed by atoms with Gasteiger partial charge in [0.25, 0.3) is 0 Å². The molecular formula is C17H13ClN2O2. The fraction of sp³-hybridized carbons (Fsp3) is 0.0588. The van der Waals surface area contributed by atoms with Gasteiger partial charge in [-0.05, 0) is 29.8 Å². The molecule has 0 fully saturated rings. The number of nitrogens with zero attached hydrogens (tertiary/aromatic N) is 2. The third-order valence-electron chi connectivity index (χ3n) is 3.30. The Labute approximate surface area is 132 Å². The summed E-state index contributed by atoms with van der Waals surface area (Å²) in [5.74, 6) is 0. The van der Waals surface area contributed by atoms with E-state index in [2.05, 4.69) is 5.10 Å². The van der Waals surface area contributed by atoms with Crippen molar-refractivity contribution in [2.45, 2.75) is 6.10 Å². The maximum absolute atomic E-state index is 12.0. The molecule has 0 aliphatic rings. The third-order valence-corrected chi connectivity index (χ3v) is 3.55. The number of aromatic nitrogens is 2. The molecule has 0 amide bonds. The van der Waals surface area contributed by atoms with Gasteiger partial charge in [0, 0.05) is 17.3 Å². The largest absolute Gasteiger partial charge is 0.382 e. The molecule has 0 radical (unpaired) electrons. The van der Waals surface area contributed by atoms with Gasteiger partial charge in [-0.1, -0.05) is 41.9 Å². The normalized spacial score (nSPS) is 12.1. The molecule has 5 heteroatoms. The minimum absolute atomic E-state index is 0.0867. The van der Waals surface area contributed by atoms with Crippen molar-refractivity contribution < 1.29 is 5.11 Å². The Kier molecular flexibility index (Phi) is 4.04. The van der Waals surface area contributed by atoms with E-state index in [9.17, 15) is 9.90 Å². The van der Waals surface area contributed by atoms with Crippen LogP contribution in [-0.4, -0.2) is 14.9 Å². The van der Waals surface area contributed by atoms with Crippen LogP contribution in [0.5, 0.6) is 0 Å². The maximum Gasteiger partial charge on any atom is 0.206 e. The van der Waals surface area contributed by atoms with Crippen molar-refractivity contribution in [1.29, 1.82) is 0 Å². The highest BCUT2D eigenvalue weighted by Crippen LogP contribution is 2.18. The number of aliphatic hydroxyl groups excluding tert-OH is 1. The quantitative estimate of drug-likeness (QED) is 0.809. The van der Waals surface area contributed by atoms with E-state index in [-0.39, 0.29) is 11.1 Å². The Morgan fingerprint density at radius 3 is 2.36 bits per heavy atom. The van der Waals surface area contributed by atoms with Gasteiger partial charge in [0.05, 0.1) is 5.69 Å². The predicted octanol–water partition coefficient (Wildman–Crippen LogP) is 2.97. The molecule has 0 aliphatic carbocycles. The van der Waals surface area contributed by atoms with Crippen LogP contribution in [0.15, 0.2) is 71.7 Å². The van der Waals surface area contributed by atoms with Gasteiger partial charge >= 0.3 is 0 Å². The van der Waals surface area contributed by atoms with Crippen molar-refractivity contribution >= 4 is 11.6 Å². The van der Waals surface area contributed by atoms with Crippen LogP contribution < -0.4 is 5.43 Å². The summed E-state index contributed by atoms with van der Waals surface area (Å²) in [6.07, 6.45) is 0.501. The van der Waals surface area contributed by atoms with Gasteiger partial charge in [-0.15, -0.1) is 0 Å². The molecule has 22 heavy (non-hydrogen) atoms. The van der Waals surface area contributed by atoms with Crippen LogP contribution in [0.2, 0.25) is 5.02 Å². The standard InChI is InChI=1S/C17H13ClN2O2/c18-13-6-8-14(9-7-13)20-11-10-15(21)16(19-20)17(22)12-4-2-1-3-5-12/h1-11,17,22H. The van der Waals surface area contributed by atoms with Crippen molar-refractivity contribution in [1.82, 2.24) is 9.78 Å². The Morgan fingerprint density at radius 2 is 1.68 bits per heavy atom. The van der Waals surface area contributed by atoms with Gasteiger partial charge in [-0.25, -0.2) is 4.68 Å². The first-order valence-corrected chi connectivity index (χ1v) is 7.12. The molecule has 1 atom stereocenters.